The highest BCUT2D eigenvalue weighted by molar-refractivity contribution is 6.39. The first-order chi connectivity index (χ1) is 5.88. The van der Waals surface area contributed by atoms with Crippen molar-refractivity contribution >= 4 is 15.7 Å². The fraction of sp³-hybridized carbons (Fsp3) is 0.714. The summed E-state index contributed by atoms with van der Waals surface area (Å²) in [5.74, 6) is 1.68. The van der Waals surface area contributed by atoms with Gasteiger partial charge in [0.2, 0.25) is 0 Å². The van der Waals surface area contributed by atoms with Gasteiger partial charge in [0.15, 0.2) is 5.82 Å². The minimum absolute atomic E-state index is 0.260. The van der Waals surface area contributed by atoms with Crippen molar-refractivity contribution in [2.24, 2.45) is 0 Å². The Morgan fingerprint density at radius 3 is 2.54 bits per heavy atom. The molecule has 0 unspecified atom stereocenters. The predicted molar refractivity (Wildman–Crippen MR) is 55.1 cm³/mol. The van der Waals surface area contributed by atoms with Gasteiger partial charge in [0.1, 0.15) is 21.5 Å². The summed E-state index contributed by atoms with van der Waals surface area (Å²) >= 11 is 0. The van der Waals surface area contributed by atoms with Crippen molar-refractivity contribution in [2.45, 2.75) is 31.7 Å². The van der Waals surface area contributed by atoms with Gasteiger partial charge in [-0.05, 0) is 0 Å². The van der Waals surface area contributed by atoms with E-state index in [0.717, 1.165) is 5.82 Å². The molecule has 0 aliphatic rings. The van der Waals surface area contributed by atoms with Crippen molar-refractivity contribution in [1.82, 2.24) is 15.2 Å². The molecule has 13 heavy (non-hydrogen) atoms. The van der Waals surface area contributed by atoms with Crippen LogP contribution in [0, 0.1) is 0 Å². The SMILES string of the molecule is BC(B)(F)Cc1n[nH]c(C(C)C)n1. The minimum Gasteiger partial charge on any atom is -0.263 e. The predicted octanol–water partition coefficient (Wildman–Crippen LogP) is -0.640. The van der Waals surface area contributed by atoms with Crippen LogP contribution in [0.25, 0.3) is 0 Å². The van der Waals surface area contributed by atoms with Gasteiger partial charge in [-0.1, -0.05) is 13.8 Å². The summed E-state index contributed by atoms with van der Waals surface area (Å²) in [7, 11) is 3.05. The van der Waals surface area contributed by atoms with E-state index in [9.17, 15) is 4.39 Å². The molecule has 0 spiro atoms. The molecule has 0 atom stereocenters. The lowest BCUT2D eigenvalue weighted by Gasteiger charge is -2.09. The average Bonchev–Trinajstić information content (AvgIpc) is 2.31. The average molecular weight is 181 g/mol. The summed E-state index contributed by atoms with van der Waals surface area (Å²) in [4.78, 5) is 4.19. The van der Waals surface area contributed by atoms with Crippen molar-refractivity contribution in [3.8, 4) is 0 Å². The topological polar surface area (TPSA) is 41.6 Å². The van der Waals surface area contributed by atoms with Crippen LogP contribution < -0.4 is 0 Å². The molecular formula is C7H14B2FN3. The number of rotatable bonds is 3. The monoisotopic (exact) mass is 181 g/mol. The van der Waals surface area contributed by atoms with Gasteiger partial charge in [0, 0.05) is 12.3 Å². The van der Waals surface area contributed by atoms with E-state index in [-0.39, 0.29) is 6.42 Å². The molecular weight excluding hydrogens is 167 g/mol. The Bertz CT molecular complexity index is 280. The molecule has 1 N–H and O–H groups in total. The molecule has 0 aliphatic heterocycles. The van der Waals surface area contributed by atoms with Gasteiger partial charge in [-0.15, -0.1) is 0 Å². The number of halogens is 1. The zero-order valence-corrected chi connectivity index (χ0v) is 8.56. The van der Waals surface area contributed by atoms with Gasteiger partial charge >= 0.3 is 0 Å². The smallest absolute Gasteiger partial charge is 0.152 e. The zero-order valence-electron chi connectivity index (χ0n) is 8.56. The third kappa shape index (κ3) is 3.20. The van der Waals surface area contributed by atoms with Gasteiger partial charge in [0.25, 0.3) is 0 Å². The summed E-state index contributed by atoms with van der Waals surface area (Å²) in [5, 5.41) is 6.75. The van der Waals surface area contributed by atoms with Crippen LogP contribution in [-0.4, -0.2) is 36.3 Å². The van der Waals surface area contributed by atoms with Crippen molar-refractivity contribution in [3.05, 3.63) is 11.6 Å². The van der Waals surface area contributed by atoms with Gasteiger partial charge < -0.3 is 0 Å². The van der Waals surface area contributed by atoms with E-state index in [2.05, 4.69) is 15.2 Å². The molecule has 1 aromatic rings. The molecule has 6 heteroatoms. The van der Waals surface area contributed by atoms with Crippen molar-refractivity contribution in [1.29, 1.82) is 0 Å². The fourth-order valence-corrected chi connectivity index (χ4v) is 1.02. The van der Waals surface area contributed by atoms with E-state index in [1.165, 1.54) is 15.7 Å². The molecule has 0 saturated carbocycles. The summed E-state index contributed by atoms with van der Waals surface area (Å²) in [6, 6.07) is 0. The molecule has 1 heterocycles. The van der Waals surface area contributed by atoms with Crippen LogP contribution in [0.5, 0.6) is 0 Å². The van der Waals surface area contributed by atoms with Crippen molar-refractivity contribution in [2.75, 3.05) is 0 Å². The first-order valence-corrected chi connectivity index (χ1v) is 4.48. The van der Waals surface area contributed by atoms with E-state index in [1.54, 1.807) is 0 Å². The molecule has 0 saturated heterocycles. The van der Waals surface area contributed by atoms with Crippen LogP contribution in [0.2, 0.25) is 0 Å². The first kappa shape index (κ1) is 10.3. The Balaban J connectivity index is 2.70. The lowest BCUT2D eigenvalue weighted by molar-refractivity contribution is 0.383. The van der Waals surface area contributed by atoms with Crippen LogP contribution in [0.1, 0.15) is 31.4 Å². The molecule has 0 fully saturated rings. The Morgan fingerprint density at radius 2 is 2.15 bits per heavy atom. The lowest BCUT2D eigenvalue weighted by Crippen LogP contribution is -2.26. The molecule has 0 amide bonds. The number of hydrogen-bond donors (Lipinski definition) is 1. The van der Waals surface area contributed by atoms with Gasteiger partial charge in [-0.3, -0.25) is 9.49 Å². The number of nitrogens with one attached hydrogen (secondary N) is 1. The largest absolute Gasteiger partial charge is 0.263 e. The summed E-state index contributed by atoms with van der Waals surface area (Å²) in [6.07, 6.45) is 0.260. The number of alkyl halides is 1. The lowest BCUT2D eigenvalue weighted by atomic mass is 9.65. The quantitative estimate of drug-likeness (QED) is 0.630. The maximum atomic E-state index is 13.2. The second-order valence-electron chi connectivity index (χ2n) is 4.19. The standard InChI is InChI=1S/C7H14B2FN3/c1-4(2)6-11-5(12-13-6)3-7(8,9)10/h4H,3,8-9H2,1-2H3,(H,11,12,13). The van der Waals surface area contributed by atoms with E-state index in [0.29, 0.717) is 11.7 Å². The number of H-pyrrole nitrogens is 1. The van der Waals surface area contributed by atoms with Crippen molar-refractivity contribution in [3.63, 3.8) is 0 Å². The third-order valence-electron chi connectivity index (χ3n) is 1.67. The Labute approximate surface area is 79.3 Å². The van der Waals surface area contributed by atoms with Crippen LogP contribution in [0.15, 0.2) is 0 Å². The molecule has 3 nitrogen and oxygen atoms in total. The van der Waals surface area contributed by atoms with Gasteiger partial charge in [-0.25, -0.2) is 4.98 Å². The van der Waals surface area contributed by atoms with Gasteiger partial charge in [-0.2, -0.15) is 5.10 Å². The molecule has 0 bridgehead atoms. The highest BCUT2D eigenvalue weighted by Crippen LogP contribution is 2.11. The number of nitrogens with zero attached hydrogens (tertiary/aromatic N) is 2. The van der Waals surface area contributed by atoms with Gasteiger partial charge in [0.05, 0.1) is 5.47 Å². The van der Waals surface area contributed by atoms with E-state index < -0.39 is 5.47 Å². The van der Waals surface area contributed by atoms with E-state index >= 15 is 0 Å². The van der Waals surface area contributed by atoms with Crippen molar-refractivity contribution < 1.29 is 4.39 Å². The highest BCUT2D eigenvalue weighted by Gasteiger charge is 2.19. The Kier molecular flexibility index (Phi) is 2.78. The second-order valence-corrected chi connectivity index (χ2v) is 4.19. The van der Waals surface area contributed by atoms with E-state index in [1.807, 2.05) is 13.8 Å². The molecule has 0 radical (unpaired) electrons. The second kappa shape index (κ2) is 3.52. The number of aromatic amines is 1. The first-order valence-electron chi connectivity index (χ1n) is 4.48. The summed E-state index contributed by atoms with van der Waals surface area (Å²) < 4.78 is 13.2. The molecule has 70 valence electrons. The molecule has 0 aliphatic carbocycles. The highest BCUT2D eigenvalue weighted by atomic mass is 19.1. The van der Waals surface area contributed by atoms with E-state index in [4.69, 9.17) is 0 Å². The maximum Gasteiger partial charge on any atom is 0.152 e. The minimum atomic E-state index is -1.24. The zero-order chi connectivity index (χ0) is 10.1. The third-order valence-corrected chi connectivity index (χ3v) is 1.67. The summed E-state index contributed by atoms with van der Waals surface area (Å²) in [5.41, 5.74) is -1.24. The molecule has 1 aromatic heterocycles. The Morgan fingerprint density at radius 1 is 1.54 bits per heavy atom. The normalized spacial score (nSPS) is 12.3. The van der Waals surface area contributed by atoms with Crippen LogP contribution in [0.4, 0.5) is 4.39 Å². The van der Waals surface area contributed by atoms with Crippen LogP contribution in [-0.2, 0) is 6.42 Å². The Hall–Kier alpha value is -0.800. The number of hydrogen-bond acceptors (Lipinski definition) is 2. The number of aromatic nitrogens is 3. The molecule has 1 rings (SSSR count). The van der Waals surface area contributed by atoms with Crippen LogP contribution in [0.3, 0.4) is 0 Å². The fourth-order valence-electron chi connectivity index (χ4n) is 1.02. The maximum absolute atomic E-state index is 13.2. The summed E-state index contributed by atoms with van der Waals surface area (Å²) in [6.45, 7) is 4.04. The molecule has 0 aromatic carbocycles. The van der Waals surface area contributed by atoms with Crippen LogP contribution >= 0.6 is 0 Å².